The van der Waals surface area contributed by atoms with Crippen molar-refractivity contribution in [3.63, 3.8) is 0 Å². The molecule has 2 aromatic rings. The average Bonchev–Trinajstić information content (AvgIpc) is 2.56. The zero-order valence-corrected chi connectivity index (χ0v) is 13.5. The molecule has 1 atom stereocenters. The minimum atomic E-state index is -0.477. The van der Waals surface area contributed by atoms with E-state index in [1.807, 2.05) is 0 Å². The van der Waals surface area contributed by atoms with Crippen molar-refractivity contribution in [2.75, 3.05) is 5.75 Å². The molecule has 1 amide bonds. The van der Waals surface area contributed by atoms with Gasteiger partial charge in [-0.2, -0.15) is 0 Å². The molecule has 0 radical (unpaired) electrons. The lowest BCUT2D eigenvalue weighted by molar-refractivity contribution is -0.384. The summed E-state index contributed by atoms with van der Waals surface area (Å²) >= 11 is 1.65. The Balaban J connectivity index is 1.67. The first-order chi connectivity index (χ1) is 11.5. The SMILES string of the molecule is O=C(Cc1ccc([N+](=O)[O-])cc1)NC1CCSc2ccc(F)cc21. The number of nitro groups is 1. The number of hydrogen-bond acceptors (Lipinski definition) is 4. The van der Waals surface area contributed by atoms with Crippen LogP contribution < -0.4 is 5.32 Å². The van der Waals surface area contributed by atoms with Crippen LogP contribution in [0.1, 0.15) is 23.6 Å². The molecule has 7 heteroatoms. The fourth-order valence-electron chi connectivity index (χ4n) is 2.68. The van der Waals surface area contributed by atoms with Crippen LogP contribution in [-0.2, 0) is 11.2 Å². The van der Waals surface area contributed by atoms with Crippen molar-refractivity contribution in [3.8, 4) is 0 Å². The van der Waals surface area contributed by atoms with Crippen LogP contribution in [0.3, 0.4) is 0 Å². The molecule has 1 aliphatic heterocycles. The van der Waals surface area contributed by atoms with E-state index in [1.54, 1.807) is 30.0 Å². The number of nitro benzene ring substituents is 1. The van der Waals surface area contributed by atoms with Gasteiger partial charge in [0.25, 0.3) is 5.69 Å². The molecule has 0 bridgehead atoms. The fraction of sp³-hybridized carbons (Fsp3) is 0.235. The van der Waals surface area contributed by atoms with Crippen molar-refractivity contribution in [1.82, 2.24) is 5.32 Å². The van der Waals surface area contributed by atoms with E-state index >= 15 is 0 Å². The third-order valence-electron chi connectivity index (χ3n) is 3.86. The standard InChI is InChI=1S/C17H15FN2O3S/c18-12-3-6-16-14(10-12)15(7-8-24-16)19-17(21)9-11-1-4-13(5-2-11)20(22)23/h1-6,10,15H,7-9H2,(H,19,21). The number of non-ortho nitro benzene ring substituents is 1. The van der Waals surface area contributed by atoms with Gasteiger partial charge in [0.2, 0.25) is 5.91 Å². The molecule has 5 nitrogen and oxygen atoms in total. The van der Waals surface area contributed by atoms with E-state index in [0.717, 1.165) is 22.6 Å². The first-order valence-corrected chi connectivity index (χ1v) is 8.46. The van der Waals surface area contributed by atoms with Crippen LogP contribution in [0.2, 0.25) is 0 Å². The smallest absolute Gasteiger partial charge is 0.269 e. The number of thioether (sulfide) groups is 1. The Hall–Kier alpha value is -2.41. The summed E-state index contributed by atoms with van der Waals surface area (Å²) in [6.07, 6.45) is 0.874. The highest BCUT2D eigenvalue weighted by molar-refractivity contribution is 7.99. The summed E-state index contributed by atoms with van der Waals surface area (Å²) in [4.78, 5) is 23.4. The Bertz CT molecular complexity index is 780. The molecular formula is C17H15FN2O3S. The molecule has 24 heavy (non-hydrogen) atoms. The molecule has 0 saturated heterocycles. The normalized spacial score (nSPS) is 16.3. The molecule has 1 heterocycles. The Morgan fingerprint density at radius 2 is 2.04 bits per heavy atom. The summed E-state index contributed by atoms with van der Waals surface area (Å²) in [6, 6.07) is 10.3. The third-order valence-corrected chi connectivity index (χ3v) is 4.98. The molecule has 0 spiro atoms. The third kappa shape index (κ3) is 3.73. The Morgan fingerprint density at radius 3 is 2.75 bits per heavy atom. The first-order valence-electron chi connectivity index (χ1n) is 7.48. The number of nitrogens with one attached hydrogen (secondary N) is 1. The quantitative estimate of drug-likeness (QED) is 0.678. The van der Waals surface area contributed by atoms with E-state index in [9.17, 15) is 19.3 Å². The lowest BCUT2D eigenvalue weighted by atomic mass is 10.0. The summed E-state index contributed by atoms with van der Waals surface area (Å²) in [5.74, 6) is 0.364. The molecule has 1 unspecified atom stereocenters. The zero-order valence-electron chi connectivity index (χ0n) is 12.7. The van der Waals surface area contributed by atoms with Crippen LogP contribution in [-0.4, -0.2) is 16.6 Å². The summed E-state index contributed by atoms with van der Waals surface area (Å²) in [5.41, 5.74) is 1.50. The lowest BCUT2D eigenvalue weighted by Crippen LogP contribution is -2.31. The number of carbonyl (C=O) groups excluding carboxylic acids is 1. The van der Waals surface area contributed by atoms with Gasteiger partial charge in [-0.1, -0.05) is 12.1 Å². The van der Waals surface area contributed by atoms with E-state index < -0.39 is 4.92 Å². The highest BCUT2D eigenvalue weighted by Crippen LogP contribution is 2.36. The highest BCUT2D eigenvalue weighted by Gasteiger charge is 2.23. The maximum absolute atomic E-state index is 13.5. The molecular weight excluding hydrogens is 331 g/mol. The van der Waals surface area contributed by atoms with Crippen molar-refractivity contribution in [2.24, 2.45) is 0 Å². The van der Waals surface area contributed by atoms with Gasteiger partial charge in [-0.15, -0.1) is 11.8 Å². The van der Waals surface area contributed by atoms with E-state index in [1.165, 1.54) is 24.3 Å². The predicted molar refractivity (Wildman–Crippen MR) is 89.4 cm³/mol. The first kappa shape index (κ1) is 16.4. The van der Waals surface area contributed by atoms with Gasteiger partial charge >= 0.3 is 0 Å². The second-order valence-electron chi connectivity index (χ2n) is 5.54. The molecule has 0 aliphatic carbocycles. The number of rotatable bonds is 4. The number of fused-ring (bicyclic) bond motifs is 1. The van der Waals surface area contributed by atoms with Crippen LogP contribution in [0.15, 0.2) is 47.4 Å². The lowest BCUT2D eigenvalue weighted by Gasteiger charge is -2.26. The zero-order chi connectivity index (χ0) is 17.1. The van der Waals surface area contributed by atoms with Gasteiger partial charge in [0, 0.05) is 22.8 Å². The summed E-state index contributed by atoms with van der Waals surface area (Å²) in [7, 11) is 0. The minimum Gasteiger partial charge on any atom is -0.349 e. The minimum absolute atomic E-state index is 0.00661. The van der Waals surface area contributed by atoms with Crippen LogP contribution in [0.4, 0.5) is 10.1 Å². The van der Waals surface area contributed by atoms with Crippen molar-refractivity contribution in [1.29, 1.82) is 0 Å². The number of benzene rings is 2. The molecule has 3 rings (SSSR count). The van der Waals surface area contributed by atoms with Crippen molar-refractivity contribution in [2.45, 2.75) is 23.8 Å². The monoisotopic (exact) mass is 346 g/mol. The molecule has 1 aliphatic rings. The van der Waals surface area contributed by atoms with Gasteiger partial charge in [0.05, 0.1) is 17.4 Å². The number of amides is 1. The number of hydrogen-bond donors (Lipinski definition) is 1. The average molecular weight is 346 g/mol. The Labute approximate surface area is 142 Å². The Kier molecular flexibility index (Phi) is 4.80. The topological polar surface area (TPSA) is 72.2 Å². The van der Waals surface area contributed by atoms with Crippen LogP contribution in [0.5, 0.6) is 0 Å². The summed E-state index contributed by atoms with van der Waals surface area (Å²) in [5, 5.41) is 13.6. The van der Waals surface area contributed by atoms with Gasteiger partial charge in [0.1, 0.15) is 5.82 Å². The molecule has 1 N–H and O–H groups in total. The number of nitrogens with zero attached hydrogens (tertiary/aromatic N) is 1. The maximum atomic E-state index is 13.5. The number of halogens is 1. The van der Waals surface area contributed by atoms with E-state index in [-0.39, 0.29) is 29.9 Å². The van der Waals surface area contributed by atoms with E-state index in [2.05, 4.69) is 5.32 Å². The van der Waals surface area contributed by atoms with Crippen LogP contribution in [0.25, 0.3) is 0 Å². The highest BCUT2D eigenvalue weighted by atomic mass is 32.2. The molecule has 2 aromatic carbocycles. The molecule has 0 fully saturated rings. The summed E-state index contributed by atoms with van der Waals surface area (Å²) in [6.45, 7) is 0. The van der Waals surface area contributed by atoms with Crippen LogP contribution >= 0.6 is 11.8 Å². The Morgan fingerprint density at radius 1 is 1.29 bits per heavy atom. The molecule has 0 saturated carbocycles. The van der Waals surface area contributed by atoms with Crippen LogP contribution in [0, 0.1) is 15.9 Å². The second kappa shape index (κ2) is 7.00. The maximum Gasteiger partial charge on any atom is 0.269 e. The van der Waals surface area contributed by atoms with E-state index in [0.29, 0.717) is 5.56 Å². The molecule has 124 valence electrons. The van der Waals surface area contributed by atoms with Gasteiger partial charge < -0.3 is 5.32 Å². The van der Waals surface area contributed by atoms with Gasteiger partial charge in [-0.05, 0) is 35.7 Å². The van der Waals surface area contributed by atoms with Crippen molar-refractivity contribution < 1.29 is 14.1 Å². The van der Waals surface area contributed by atoms with Gasteiger partial charge in [-0.3, -0.25) is 14.9 Å². The number of carbonyl (C=O) groups is 1. The van der Waals surface area contributed by atoms with Crippen molar-refractivity contribution >= 4 is 23.4 Å². The van der Waals surface area contributed by atoms with E-state index in [4.69, 9.17) is 0 Å². The second-order valence-corrected chi connectivity index (χ2v) is 6.68. The predicted octanol–water partition coefficient (Wildman–Crippen LogP) is 3.63. The summed E-state index contributed by atoms with van der Waals surface area (Å²) < 4.78 is 13.5. The fourth-order valence-corrected chi connectivity index (χ4v) is 3.79. The molecule has 0 aromatic heterocycles. The largest absolute Gasteiger partial charge is 0.349 e. The van der Waals surface area contributed by atoms with Gasteiger partial charge in [0.15, 0.2) is 0 Å². The van der Waals surface area contributed by atoms with Gasteiger partial charge in [-0.25, -0.2) is 4.39 Å². The van der Waals surface area contributed by atoms with Crippen molar-refractivity contribution in [3.05, 3.63) is 69.5 Å².